The quantitative estimate of drug-likeness (QED) is 0.583. The van der Waals surface area contributed by atoms with Gasteiger partial charge in [0.05, 0.1) is 7.11 Å². The zero-order valence-electron chi connectivity index (χ0n) is 6.39. The minimum Gasteiger partial charge on any atom is -0.270 e. The third kappa shape index (κ3) is 1.80. The number of hydrogen-bond acceptors (Lipinski definition) is 4. The van der Waals surface area contributed by atoms with Crippen molar-refractivity contribution in [2.75, 3.05) is 7.11 Å². The lowest BCUT2D eigenvalue weighted by molar-refractivity contribution is 0.396. The van der Waals surface area contributed by atoms with Crippen LogP contribution < -0.4 is 0 Å². The maximum atomic E-state index is 11.2. The molecule has 0 heterocycles. The summed E-state index contributed by atoms with van der Waals surface area (Å²) in [7, 11) is -2.48. The van der Waals surface area contributed by atoms with E-state index in [0.717, 1.165) is 7.11 Å². The van der Waals surface area contributed by atoms with Gasteiger partial charge in [-0.05, 0) is 12.1 Å². The molecule has 0 aromatic heterocycles. The highest BCUT2D eigenvalue weighted by molar-refractivity contribution is 7.88. The van der Waals surface area contributed by atoms with Gasteiger partial charge in [-0.25, -0.2) is 0 Å². The van der Waals surface area contributed by atoms with E-state index in [2.05, 4.69) is 16.8 Å². The van der Waals surface area contributed by atoms with Crippen LogP contribution in [0.5, 0.6) is 0 Å². The molecule has 0 aliphatic carbocycles. The minimum atomic E-state index is -3.61. The second-order valence-corrected chi connectivity index (χ2v) is 4.25. The summed E-state index contributed by atoms with van der Waals surface area (Å²) in [5, 5.41) is 0. The molecular formula is C7H8O3S2. The molecule has 0 saturated carbocycles. The Bertz CT molecular complexity index is 370. The van der Waals surface area contributed by atoms with Gasteiger partial charge in [-0.1, -0.05) is 12.1 Å². The maximum absolute atomic E-state index is 11.2. The molecule has 0 spiro atoms. The van der Waals surface area contributed by atoms with E-state index in [4.69, 9.17) is 0 Å². The molecule has 0 aliphatic heterocycles. The van der Waals surface area contributed by atoms with Gasteiger partial charge in [0.15, 0.2) is 0 Å². The topological polar surface area (TPSA) is 43.4 Å². The standard InChI is InChI=1S/C7H8O3S2/c1-10-12(8,9)7-5-3-2-4-6(7)11/h2-5,11H,1H3. The Morgan fingerprint density at radius 1 is 1.33 bits per heavy atom. The zero-order valence-corrected chi connectivity index (χ0v) is 8.10. The number of benzene rings is 1. The lowest BCUT2D eigenvalue weighted by atomic mass is 10.4. The lowest BCUT2D eigenvalue weighted by Crippen LogP contribution is -2.03. The van der Waals surface area contributed by atoms with Crippen molar-refractivity contribution in [2.45, 2.75) is 9.79 Å². The van der Waals surface area contributed by atoms with Crippen LogP contribution >= 0.6 is 12.6 Å². The van der Waals surface area contributed by atoms with E-state index in [9.17, 15) is 8.42 Å². The molecule has 0 saturated heterocycles. The molecule has 1 aromatic rings. The van der Waals surface area contributed by atoms with E-state index in [1.165, 1.54) is 6.07 Å². The van der Waals surface area contributed by atoms with Crippen LogP contribution in [0.4, 0.5) is 0 Å². The van der Waals surface area contributed by atoms with Crippen molar-refractivity contribution < 1.29 is 12.6 Å². The zero-order chi connectivity index (χ0) is 9.19. The van der Waals surface area contributed by atoms with Crippen molar-refractivity contribution in [2.24, 2.45) is 0 Å². The largest absolute Gasteiger partial charge is 0.297 e. The van der Waals surface area contributed by atoms with Crippen LogP contribution in [-0.4, -0.2) is 15.5 Å². The van der Waals surface area contributed by atoms with E-state index >= 15 is 0 Å². The Kier molecular flexibility index (Phi) is 2.76. The number of thiol groups is 1. The summed E-state index contributed by atoms with van der Waals surface area (Å²) in [6, 6.07) is 6.36. The predicted molar refractivity (Wildman–Crippen MR) is 47.9 cm³/mol. The van der Waals surface area contributed by atoms with Crippen molar-refractivity contribution in [3.8, 4) is 0 Å². The SMILES string of the molecule is COS(=O)(=O)c1ccccc1S. The molecule has 0 fully saturated rings. The molecule has 0 atom stereocenters. The van der Waals surface area contributed by atoms with Gasteiger partial charge in [-0.15, -0.1) is 12.6 Å². The van der Waals surface area contributed by atoms with Crippen molar-refractivity contribution in [1.82, 2.24) is 0 Å². The number of hydrogen-bond donors (Lipinski definition) is 1. The molecule has 1 aromatic carbocycles. The molecule has 3 nitrogen and oxygen atoms in total. The van der Waals surface area contributed by atoms with Gasteiger partial charge >= 0.3 is 0 Å². The van der Waals surface area contributed by atoms with Gasteiger partial charge in [0.1, 0.15) is 4.90 Å². The Morgan fingerprint density at radius 3 is 2.42 bits per heavy atom. The molecule has 0 N–H and O–H groups in total. The van der Waals surface area contributed by atoms with Gasteiger partial charge in [-0.3, -0.25) is 4.18 Å². The van der Waals surface area contributed by atoms with E-state index in [0.29, 0.717) is 4.90 Å². The summed E-state index contributed by atoms with van der Waals surface area (Å²) in [5.41, 5.74) is 0. The van der Waals surface area contributed by atoms with Crippen molar-refractivity contribution >= 4 is 22.7 Å². The average molecular weight is 204 g/mol. The van der Waals surface area contributed by atoms with Crippen LogP contribution in [0.2, 0.25) is 0 Å². The first-order valence-corrected chi connectivity index (χ1v) is 5.02. The molecule has 0 unspecified atom stereocenters. The first-order valence-electron chi connectivity index (χ1n) is 3.16. The second-order valence-electron chi connectivity index (χ2n) is 2.09. The first kappa shape index (κ1) is 9.57. The fourth-order valence-electron chi connectivity index (χ4n) is 0.758. The minimum absolute atomic E-state index is 0.0934. The van der Waals surface area contributed by atoms with Gasteiger partial charge < -0.3 is 0 Å². The van der Waals surface area contributed by atoms with Gasteiger partial charge in [0.25, 0.3) is 10.1 Å². The molecule has 0 bridgehead atoms. The molecule has 0 aliphatic rings. The molecule has 1 rings (SSSR count). The Balaban J connectivity index is 3.30. The number of rotatable bonds is 2. The van der Waals surface area contributed by atoms with E-state index < -0.39 is 10.1 Å². The van der Waals surface area contributed by atoms with Crippen molar-refractivity contribution in [1.29, 1.82) is 0 Å². The second kappa shape index (κ2) is 3.47. The predicted octanol–water partition coefficient (Wildman–Crippen LogP) is 1.31. The van der Waals surface area contributed by atoms with Crippen LogP contribution in [0.15, 0.2) is 34.1 Å². The Hall–Kier alpha value is -0.520. The fourth-order valence-corrected chi connectivity index (χ4v) is 2.00. The Morgan fingerprint density at radius 2 is 1.92 bits per heavy atom. The molecule has 12 heavy (non-hydrogen) atoms. The summed E-state index contributed by atoms with van der Waals surface area (Å²) in [6.07, 6.45) is 0. The van der Waals surface area contributed by atoms with Crippen molar-refractivity contribution in [3.63, 3.8) is 0 Å². The highest BCUT2D eigenvalue weighted by atomic mass is 32.2. The van der Waals surface area contributed by atoms with Gasteiger partial charge in [-0.2, -0.15) is 8.42 Å². The summed E-state index contributed by atoms with van der Waals surface area (Å²) in [5.74, 6) is 0. The normalized spacial score (nSPS) is 11.5. The molecule has 0 radical (unpaired) electrons. The lowest BCUT2D eigenvalue weighted by Gasteiger charge is -2.02. The van der Waals surface area contributed by atoms with Crippen LogP contribution in [0.1, 0.15) is 0 Å². The average Bonchev–Trinajstić information content (AvgIpc) is 2.05. The van der Waals surface area contributed by atoms with Crippen LogP contribution in [-0.2, 0) is 14.3 Å². The highest BCUT2D eigenvalue weighted by Gasteiger charge is 2.14. The van der Waals surface area contributed by atoms with Crippen LogP contribution in [0.3, 0.4) is 0 Å². The van der Waals surface area contributed by atoms with E-state index in [1.54, 1.807) is 18.2 Å². The smallest absolute Gasteiger partial charge is 0.270 e. The maximum Gasteiger partial charge on any atom is 0.297 e. The van der Waals surface area contributed by atoms with Gasteiger partial charge in [0.2, 0.25) is 0 Å². The molecule has 0 amide bonds. The summed E-state index contributed by atoms with van der Waals surface area (Å²) in [6.45, 7) is 0. The monoisotopic (exact) mass is 204 g/mol. The fraction of sp³-hybridized carbons (Fsp3) is 0.143. The van der Waals surface area contributed by atoms with Crippen LogP contribution in [0.25, 0.3) is 0 Å². The van der Waals surface area contributed by atoms with Gasteiger partial charge in [0, 0.05) is 4.90 Å². The molecular weight excluding hydrogens is 196 g/mol. The summed E-state index contributed by atoms with van der Waals surface area (Å²) >= 11 is 3.99. The molecule has 5 heteroatoms. The van der Waals surface area contributed by atoms with E-state index in [-0.39, 0.29) is 4.90 Å². The summed E-state index contributed by atoms with van der Waals surface area (Å²) in [4.78, 5) is 0.482. The first-order chi connectivity index (χ1) is 5.58. The summed E-state index contributed by atoms with van der Waals surface area (Å²) < 4.78 is 26.6. The van der Waals surface area contributed by atoms with Crippen molar-refractivity contribution in [3.05, 3.63) is 24.3 Å². The third-order valence-electron chi connectivity index (χ3n) is 1.35. The van der Waals surface area contributed by atoms with E-state index in [1.807, 2.05) is 0 Å². The van der Waals surface area contributed by atoms with Crippen LogP contribution in [0, 0.1) is 0 Å². The Labute approximate surface area is 76.9 Å². The highest BCUT2D eigenvalue weighted by Crippen LogP contribution is 2.19. The third-order valence-corrected chi connectivity index (χ3v) is 3.23. The molecule has 66 valence electrons.